The van der Waals surface area contributed by atoms with Gasteiger partial charge < -0.3 is 5.11 Å². The van der Waals surface area contributed by atoms with Gasteiger partial charge in [0.1, 0.15) is 0 Å². The van der Waals surface area contributed by atoms with Crippen LogP contribution in [0, 0.1) is 0 Å². The lowest BCUT2D eigenvalue weighted by Gasteiger charge is -2.10. The minimum absolute atomic E-state index is 0.250. The standard InChI is InChI=1S/C21H13N.CH2O2/c1-6-12-20-14(7-1)13-19-17-10-3-2-8-15(17)16-9-4-5-11-18(16)21(19)22-20;2-1-3/h1-13H;1H,(H,2,3). The number of hydrogen-bond donors (Lipinski definition) is 1. The molecule has 5 rings (SSSR count). The molecule has 1 heterocycles. The van der Waals surface area contributed by atoms with Crippen molar-refractivity contribution >= 4 is 49.8 Å². The molecule has 0 aliphatic rings. The highest BCUT2D eigenvalue weighted by Crippen LogP contribution is 2.35. The van der Waals surface area contributed by atoms with Gasteiger partial charge in [-0.05, 0) is 28.3 Å². The first kappa shape index (κ1) is 15.1. The van der Waals surface area contributed by atoms with Gasteiger partial charge in [0, 0.05) is 16.2 Å². The summed E-state index contributed by atoms with van der Waals surface area (Å²) in [6.45, 7) is -0.250. The largest absolute Gasteiger partial charge is 0.483 e. The molecule has 0 fully saturated rings. The van der Waals surface area contributed by atoms with Crippen LogP contribution in [0.4, 0.5) is 0 Å². The molecule has 5 aromatic rings. The Morgan fingerprint density at radius 3 is 1.84 bits per heavy atom. The number of para-hydroxylation sites is 1. The van der Waals surface area contributed by atoms with Crippen LogP contribution in [-0.2, 0) is 4.79 Å². The number of fused-ring (bicyclic) bond motifs is 7. The van der Waals surface area contributed by atoms with E-state index in [1.807, 2.05) is 6.07 Å². The highest BCUT2D eigenvalue weighted by Gasteiger charge is 2.09. The molecule has 3 heteroatoms. The Hall–Kier alpha value is -3.46. The first-order valence-corrected chi connectivity index (χ1v) is 8.00. The minimum Gasteiger partial charge on any atom is -0.483 e. The maximum Gasteiger partial charge on any atom is 0.290 e. The van der Waals surface area contributed by atoms with Gasteiger partial charge in [-0.1, -0.05) is 66.7 Å². The van der Waals surface area contributed by atoms with Crippen LogP contribution in [0.2, 0.25) is 0 Å². The van der Waals surface area contributed by atoms with E-state index in [0.717, 1.165) is 11.0 Å². The fourth-order valence-electron chi connectivity index (χ4n) is 3.40. The summed E-state index contributed by atoms with van der Waals surface area (Å²) in [5.41, 5.74) is 2.14. The molecule has 0 aliphatic heterocycles. The summed E-state index contributed by atoms with van der Waals surface area (Å²) in [5.74, 6) is 0. The van der Waals surface area contributed by atoms with E-state index in [-0.39, 0.29) is 6.47 Å². The maximum absolute atomic E-state index is 8.36. The molecule has 0 saturated heterocycles. The van der Waals surface area contributed by atoms with E-state index in [1.165, 1.54) is 32.3 Å². The van der Waals surface area contributed by atoms with E-state index >= 15 is 0 Å². The van der Waals surface area contributed by atoms with Crippen LogP contribution < -0.4 is 0 Å². The normalized spacial score (nSPS) is 10.7. The second-order valence-electron chi connectivity index (χ2n) is 5.77. The van der Waals surface area contributed by atoms with Crippen molar-refractivity contribution in [3.63, 3.8) is 0 Å². The summed E-state index contributed by atoms with van der Waals surface area (Å²) in [6, 6.07) is 27.8. The van der Waals surface area contributed by atoms with Crippen molar-refractivity contribution in [1.82, 2.24) is 4.98 Å². The molecule has 0 spiro atoms. The first-order chi connectivity index (χ1) is 12.3. The molecule has 0 aliphatic carbocycles. The van der Waals surface area contributed by atoms with Gasteiger partial charge >= 0.3 is 0 Å². The zero-order chi connectivity index (χ0) is 17.2. The monoisotopic (exact) mass is 325 g/mol. The van der Waals surface area contributed by atoms with E-state index in [0.29, 0.717) is 0 Å². The van der Waals surface area contributed by atoms with Crippen molar-refractivity contribution < 1.29 is 9.90 Å². The van der Waals surface area contributed by atoms with Crippen molar-refractivity contribution in [2.45, 2.75) is 0 Å². The van der Waals surface area contributed by atoms with Gasteiger partial charge in [0.05, 0.1) is 11.0 Å². The molecule has 120 valence electrons. The molecule has 0 atom stereocenters. The van der Waals surface area contributed by atoms with Crippen LogP contribution in [0.3, 0.4) is 0 Å². The minimum atomic E-state index is -0.250. The fraction of sp³-hybridized carbons (Fsp3) is 0. The topological polar surface area (TPSA) is 50.2 Å². The zero-order valence-electron chi connectivity index (χ0n) is 13.4. The molecule has 0 amide bonds. The Kier molecular flexibility index (Phi) is 3.75. The van der Waals surface area contributed by atoms with Crippen molar-refractivity contribution in [3.05, 3.63) is 78.9 Å². The Balaban J connectivity index is 0.000000490. The van der Waals surface area contributed by atoms with E-state index in [1.54, 1.807) is 0 Å². The number of carboxylic acid groups (broad SMARTS) is 1. The molecular weight excluding hydrogens is 310 g/mol. The smallest absolute Gasteiger partial charge is 0.290 e. The van der Waals surface area contributed by atoms with E-state index in [9.17, 15) is 0 Å². The van der Waals surface area contributed by atoms with Crippen molar-refractivity contribution in [2.75, 3.05) is 0 Å². The van der Waals surface area contributed by atoms with Crippen LogP contribution in [0.25, 0.3) is 43.4 Å². The van der Waals surface area contributed by atoms with Gasteiger partial charge in [-0.3, -0.25) is 4.79 Å². The van der Waals surface area contributed by atoms with Gasteiger partial charge in [-0.25, -0.2) is 4.98 Å². The summed E-state index contributed by atoms with van der Waals surface area (Å²) in [7, 11) is 0. The van der Waals surface area contributed by atoms with Crippen molar-refractivity contribution in [3.8, 4) is 0 Å². The Morgan fingerprint density at radius 2 is 1.16 bits per heavy atom. The quantitative estimate of drug-likeness (QED) is 0.236. The Morgan fingerprint density at radius 1 is 0.680 bits per heavy atom. The zero-order valence-corrected chi connectivity index (χ0v) is 13.4. The van der Waals surface area contributed by atoms with Crippen LogP contribution in [0.1, 0.15) is 0 Å². The fourth-order valence-corrected chi connectivity index (χ4v) is 3.40. The summed E-state index contributed by atoms with van der Waals surface area (Å²) < 4.78 is 0. The Labute approximate surface area is 144 Å². The van der Waals surface area contributed by atoms with Crippen LogP contribution in [0.15, 0.2) is 78.9 Å². The van der Waals surface area contributed by atoms with Crippen LogP contribution in [0.5, 0.6) is 0 Å². The predicted molar refractivity (Wildman–Crippen MR) is 103 cm³/mol. The highest BCUT2D eigenvalue weighted by atomic mass is 16.3. The molecule has 0 bridgehead atoms. The van der Waals surface area contributed by atoms with Gasteiger partial charge in [0.25, 0.3) is 6.47 Å². The third kappa shape index (κ3) is 2.46. The van der Waals surface area contributed by atoms with Crippen molar-refractivity contribution in [1.29, 1.82) is 0 Å². The van der Waals surface area contributed by atoms with E-state index < -0.39 is 0 Å². The molecule has 0 saturated carbocycles. The summed E-state index contributed by atoms with van der Waals surface area (Å²) in [6.07, 6.45) is 0. The van der Waals surface area contributed by atoms with E-state index in [2.05, 4.69) is 72.8 Å². The second-order valence-corrected chi connectivity index (χ2v) is 5.77. The number of hydrogen-bond acceptors (Lipinski definition) is 2. The second kappa shape index (κ2) is 6.21. The average Bonchev–Trinajstić information content (AvgIpc) is 2.68. The number of nitrogens with zero attached hydrogens (tertiary/aromatic N) is 1. The van der Waals surface area contributed by atoms with Gasteiger partial charge in [0.15, 0.2) is 0 Å². The third-order valence-corrected chi connectivity index (χ3v) is 4.41. The Bertz CT molecular complexity index is 1130. The van der Waals surface area contributed by atoms with E-state index in [4.69, 9.17) is 14.9 Å². The van der Waals surface area contributed by atoms with Gasteiger partial charge in [-0.15, -0.1) is 0 Å². The summed E-state index contributed by atoms with van der Waals surface area (Å²) in [4.78, 5) is 13.3. The lowest BCUT2D eigenvalue weighted by Crippen LogP contribution is -1.87. The molecule has 1 N–H and O–H groups in total. The number of pyridine rings is 1. The first-order valence-electron chi connectivity index (χ1n) is 8.00. The lowest BCUT2D eigenvalue weighted by atomic mass is 9.96. The van der Waals surface area contributed by atoms with Gasteiger partial charge in [0.2, 0.25) is 0 Å². The molecule has 4 aromatic carbocycles. The third-order valence-electron chi connectivity index (χ3n) is 4.41. The van der Waals surface area contributed by atoms with Crippen molar-refractivity contribution in [2.24, 2.45) is 0 Å². The number of rotatable bonds is 0. The molecular formula is C22H15NO2. The molecule has 0 radical (unpaired) electrons. The number of aromatic nitrogens is 1. The lowest BCUT2D eigenvalue weighted by molar-refractivity contribution is -0.122. The summed E-state index contributed by atoms with van der Waals surface area (Å²) in [5, 5.41) is 14.4. The molecule has 3 nitrogen and oxygen atoms in total. The molecule has 25 heavy (non-hydrogen) atoms. The van der Waals surface area contributed by atoms with Crippen LogP contribution >= 0.6 is 0 Å². The van der Waals surface area contributed by atoms with Gasteiger partial charge in [-0.2, -0.15) is 0 Å². The molecule has 0 unspecified atom stereocenters. The summed E-state index contributed by atoms with van der Waals surface area (Å²) >= 11 is 0. The average molecular weight is 325 g/mol. The number of carbonyl (C=O) groups is 1. The highest BCUT2D eigenvalue weighted by molar-refractivity contribution is 6.25. The maximum atomic E-state index is 8.36. The van der Waals surface area contributed by atoms with Crippen LogP contribution in [-0.4, -0.2) is 16.6 Å². The number of benzene rings is 4. The SMILES string of the molecule is O=CO.c1ccc2nc3c4ccccc4c4ccccc4c3cc2c1. The molecule has 1 aromatic heterocycles. The predicted octanol–water partition coefficient (Wildman–Crippen LogP) is 5.40.